The van der Waals surface area contributed by atoms with E-state index in [1.54, 1.807) is 0 Å². The van der Waals surface area contributed by atoms with Gasteiger partial charge < -0.3 is 4.57 Å². The smallest absolute Gasteiger partial charge is 0.0219 e. The van der Waals surface area contributed by atoms with E-state index in [4.69, 9.17) is 0 Å². The molecule has 0 atom stereocenters. The highest BCUT2D eigenvalue weighted by molar-refractivity contribution is 4.89. The van der Waals surface area contributed by atoms with Gasteiger partial charge in [-0.3, -0.25) is 0 Å². The lowest BCUT2D eigenvalue weighted by molar-refractivity contribution is 0.604. The molecule has 1 heteroatoms. The maximum absolute atomic E-state index is 2.23. The van der Waals surface area contributed by atoms with E-state index >= 15 is 0 Å². The van der Waals surface area contributed by atoms with Crippen molar-refractivity contribution in [3.63, 3.8) is 0 Å². The van der Waals surface area contributed by atoms with Gasteiger partial charge in [-0.1, -0.05) is 40.0 Å². The lowest BCUT2D eigenvalue weighted by Crippen LogP contribution is -1.92. The molecule has 0 spiro atoms. The lowest BCUT2D eigenvalue weighted by atomic mass is 10.2. The van der Waals surface area contributed by atoms with Gasteiger partial charge in [-0.25, -0.2) is 0 Å². The zero-order valence-corrected chi connectivity index (χ0v) is 9.29. The maximum atomic E-state index is 2.23. The van der Waals surface area contributed by atoms with Crippen LogP contribution in [-0.2, 0) is 6.54 Å². The summed E-state index contributed by atoms with van der Waals surface area (Å²) in [7, 11) is 0. The van der Waals surface area contributed by atoms with Gasteiger partial charge in [0.15, 0.2) is 0 Å². The van der Waals surface area contributed by atoms with Crippen molar-refractivity contribution in [2.24, 2.45) is 0 Å². The van der Waals surface area contributed by atoms with E-state index in [1.807, 2.05) is 0 Å². The summed E-state index contributed by atoms with van der Waals surface area (Å²) >= 11 is 0. The Hall–Kier alpha value is -0.720. The summed E-state index contributed by atoms with van der Waals surface area (Å²) in [6.07, 6.45) is 9.45. The molecule has 1 nitrogen and oxygen atoms in total. The predicted molar refractivity (Wildman–Crippen MR) is 59.9 cm³/mol. The van der Waals surface area contributed by atoms with Gasteiger partial charge in [-0.05, 0) is 18.6 Å². The average molecular weight is 181 g/mol. The van der Waals surface area contributed by atoms with Crippen molar-refractivity contribution in [1.82, 2.24) is 4.57 Å². The molecule has 0 unspecified atom stereocenters. The van der Waals surface area contributed by atoms with Crippen molar-refractivity contribution < 1.29 is 0 Å². The maximum Gasteiger partial charge on any atom is 0.0219 e. The Bertz CT molecular complexity index is 165. The van der Waals surface area contributed by atoms with Crippen molar-refractivity contribution in [1.29, 1.82) is 0 Å². The Morgan fingerprint density at radius 3 is 1.92 bits per heavy atom. The average Bonchev–Trinajstić information content (AvgIpc) is 2.59. The molecule has 13 heavy (non-hydrogen) atoms. The number of aryl methyl sites for hydroxylation is 1. The topological polar surface area (TPSA) is 4.93 Å². The molecule has 0 aliphatic carbocycles. The highest BCUT2D eigenvalue weighted by Crippen LogP contribution is 1.98. The normalized spacial score (nSPS) is 9.15. The summed E-state index contributed by atoms with van der Waals surface area (Å²) in [5.41, 5.74) is 0. The number of unbranched alkanes of at least 4 members (excludes halogenated alkanes) is 2. The Balaban J connectivity index is 0.000000424. The fourth-order valence-electron chi connectivity index (χ4n) is 1.06. The van der Waals surface area contributed by atoms with Gasteiger partial charge in [0.25, 0.3) is 0 Å². The minimum absolute atomic E-state index is 1.18. The van der Waals surface area contributed by atoms with Crippen LogP contribution in [0.5, 0.6) is 0 Å². The molecule has 1 heterocycles. The van der Waals surface area contributed by atoms with Crippen molar-refractivity contribution in [2.75, 3.05) is 0 Å². The molecular weight excluding hydrogens is 158 g/mol. The minimum Gasteiger partial charge on any atom is -0.354 e. The number of rotatable bonds is 4. The second-order valence-corrected chi connectivity index (χ2v) is 3.34. The fourth-order valence-corrected chi connectivity index (χ4v) is 1.06. The van der Waals surface area contributed by atoms with Crippen molar-refractivity contribution >= 4 is 0 Å². The highest BCUT2D eigenvalue weighted by atomic mass is 14.9. The van der Waals surface area contributed by atoms with E-state index in [-0.39, 0.29) is 0 Å². The van der Waals surface area contributed by atoms with Crippen LogP contribution in [0, 0.1) is 0 Å². The first-order valence-corrected chi connectivity index (χ1v) is 5.45. The molecule has 0 amide bonds. The predicted octanol–water partition coefficient (Wildman–Crippen LogP) is 4.09. The molecule has 0 N–H and O–H groups in total. The van der Waals surface area contributed by atoms with E-state index < -0.39 is 0 Å². The quantitative estimate of drug-likeness (QED) is 0.616. The van der Waals surface area contributed by atoms with E-state index in [9.17, 15) is 0 Å². The summed E-state index contributed by atoms with van der Waals surface area (Å²) in [5, 5.41) is 0. The van der Waals surface area contributed by atoms with Crippen LogP contribution in [0.1, 0.15) is 46.5 Å². The van der Waals surface area contributed by atoms with Gasteiger partial charge in [0.1, 0.15) is 0 Å². The van der Waals surface area contributed by atoms with E-state index in [2.05, 4.69) is 49.9 Å². The molecule has 1 aromatic rings. The largest absolute Gasteiger partial charge is 0.354 e. The van der Waals surface area contributed by atoms with E-state index in [0.29, 0.717) is 0 Å². The monoisotopic (exact) mass is 181 g/mol. The molecule has 0 radical (unpaired) electrons. The number of hydrogen-bond acceptors (Lipinski definition) is 0. The first-order chi connectivity index (χ1) is 6.35. The third-order valence-electron chi connectivity index (χ3n) is 1.69. The van der Waals surface area contributed by atoms with Gasteiger partial charge >= 0.3 is 0 Å². The molecule has 0 aliphatic rings. The Labute approximate surface area is 82.8 Å². The summed E-state index contributed by atoms with van der Waals surface area (Å²) in [6.45, 7) is 7.66. The van der Waals surface area contributed by atoms with E-state index in [1.165, 1.54) is 32.2 Å². The summed E-state index contributed by atoms with van der Waals surface area (Å²) in [6, 6.07) is 4.15. The first-order valence-electron chi connectivity index (χ1n) is 5.45. The van der Waals surface area contributed by atoms with Gasteiger partial charge in [-0.15, -0.1) is 0 Å². The van der Waals surface area contributed by atoms with Gasteiger partial charge in [0.05, 0.1) is 0 Å². The summed E-state index contributed by atoms with van der Waals surface area (Å²) in [4.78, 5) is 0. The molecule has 0 bridgehead atoms. The van der Waals surface area contributed by atoms with Crippen molar-refractivity contribution in [3.8, 4) is 0 Å². The van der Waals surface area contributed by atoms with Crippen molar-refractivity contribution in [2.45, 2.75) is 53.0 Å². The molecule has 0 aliphatic heterocycles. The Kier molecular flexibility index (Phi) is 8.85. The lowest BCUT2D eigenvalue weighted by Gasteiger charge is -1.99. The van der Waals surface area contributed by atoms with Crippen LogP contribution in [0.2, 0.25) is 0 Å². The molecule has 0 saturated carbocycles. The van der Waals surface area contributed by atoms with Crippen LogP contribution in [0.3, 0.4) is 0 Å². The van der Waals surface area contributed by atoms with Crippen LogP contribution >= 0.6 is 0 Å². The van der Waals surface area contributed by atoms with Crippen LogP contribution in [0.4, 0.5) is 0 Å². The van der Waals surface area contributed by atoms with Gasteiger partial charge in [0.2, 0.25) is 0 Å². The standard InChI is InChI=1S/C9H15N.C3H8/c1-2-3-4-7-10-8-5-6-9-10;1-3-2/h5-6,8-9H,2-4,7H2,1H3;3H2,1-2H3. The first kappa shape index (κ1) is 12.3. The van der Waals surface area contributed by atoms with Gasteiger partial charge in [0, 0.05) is 18.9 Å². The molecule has 1 aromatic heterocycles. The van der Waals surface area contributed by atoms with Crippen LogP contribution < -0.4 is 0 Å². The summed E-state index contributed by atoms with van der Waals surface area (Å²) < 4.78 is 2.23. The molecular formula is C12H23N. The van der Waals surface area contributed by atoms with Crippen molar-refractivity contribution in [3.05, 3.63) is 24.5 Å². The minimum atomic E-state index is 1.18. The molecule has 0 aromatic carbocycles. The number of nitrogens with zero attached hydrogens (tertiary/aromatic N) is 1. The highest BCUT2D eigenvalue weighted by Gasteiger charge is 1.86. The molecule has 0 saturated heterocycles. The molecule has 0 fully saturated rings. The molecule has 1 rings (SSSR count). The zero-order valence-electron chi connectivity index (χ0n) is 9.29. The van der Waals surface area contributed by atoms with Crippen LogP contribution in [0.25, 0.3) is 0 Å². The Morgan fingerprint density at radius 2 is 1.46 bits per heavy atom. The van der Waals surface area contributed by atoms with Crippen LogP contribution in [-0.4, -0.2) is 4.57 Å². The van der Waals surface area contributed by atoms with Gasteiger partial charge in [-0.2, -0.15) is 0 Å². The number of aromatic nitrogens is 1. The second-order valence-electron chi connectivity index (χ2n) is 3.34. The third kappa shape index (κ3) is 7.63. The second kappa shape index (κ2) is 9.37. The summed E-state index contributed by atoms with van der Waals surface area (Å²) in [5.74, 6) is 0. The third-order valence-corrected chi connectivity index (χ3v) is 1.69. The fraction of sp³-hybridized carbons (Fsp3) is 0.667. The van der Waals surface area contributed by atoms with E-state index in [0.717, 1.165) is 0 Å². The zero-order chi connectivity index (χ0) is 9.94. The SMILES string of the molecule is CCC.CCCCCn1cccc1. The Morgan fingerprint density at radius 1 is 0.923 bits per heavy atom. The van der Waals surface area contributed by atoms with Crippen LogP contribution in [0.15, 0.2) is 24.5 Å². The molecule has 76 valence electrons. The number of hydrogen-bond donors (Lipinski definition) is 0.